The second kappa shape index (κ2) is 7.12. The van der Waals surface area contributed by atoms with Gasteiger partial charge in [0.15, 0.2) is 17.3 Å². The van der Waals surface area contributed by atoms with E-state index in [4.69, 9.17) is 0 Å². The van der Waals surface area contributed by atoms with Crippen molar-refractivity contribution < 1.29 is 8.78 Å². The molecule has 0 amide bonds. The molecule has 2 aromatic heterocycles. The summed E-state index contributed by atoms with van der Waals surface area (Å²) in [4.78, 5) is 25.3. The lowest BCUT2D eigenvalue weighted by Gasteiger charge is -2.10. The van der Waals surface area contributed by atoms with E-state index in [9.17, 15) is 18.4 Å². The molecule has 3 rings (SSSR count). The van der Waals surface area contributed by atoms with Gasteiger partial charge in [-0.2, -0.15) is 5.10 Å². The molecule has 8 heteroatoms. The zero-order chi connectivity index (χ0) is 20.6. The van der Waals surface area contributed by atoms with Crippen LogP contribution in [0.1, 0.15) is 12.5 Å². The molecule has 0 saturated heterocycles. The summed E-state index contributed by atoms with van der Waals surface area (Å²) in [5.74, 6) is 3.22. The normalized spacial score (nSPS) is 11.4. The van der Waals surface area contributed by atoms with E-state index in [2.05, 4.69) is 23.5 Å². The first-order valence-electron chi connectivity index (χ1n) is 8.20. The third kappa shape index (κ3) is 3.18. The number of hydrogen-bond donors (Lipinski definition) is 0. The maximum absolute atomic E-state index is 14.7. The number of halogens is 2. The highest BCUT2D eigenvalue weighted by Crippen LogP contribution is 2.18. The molecule has 3 aromatic rings. The third-order valence-corrected chi connectivity index (χ3v) is 4.05. The van der Waals surface area contributed by atoms with Gasteiger partial charge >= 0.3 is 5.69 Å². The summed E-state index contributed by atoms with van der Waals surface area (Å²) >= 11 is 0. The van der Waals surface area contributed by atoms with Crippen molar-refractivity contribution >= 4 is 11.0 Å². The smallest absolute Gasteiger partial charge is 0.279 e. The summed E-state index contributed by atoms with van der Waals surface area (Å²) in [7, 11) is 2.95. The van der Waals surface area contributed by atoms with Gasteiger partial charge in [-0.3, -0.25) is 14.0 Å². The van der Waals surface area contributed by atoms with Crippen molar-refractivity contribution in [2.45, 2.75) is 6.92 Å². The maximum atomic E-state index is 14.7. The summed E-state index contributed by atoms with van der Waals surface area (Å²) < 4.78 is 32.3. The molecule has 6 nitrogen and oxygen atoms in total. The largest absolute Gasteiger partial charge is 0.337 e. The predicted molar refractivity (Wildman–Crippen MR) is 102 cm³/mol. The van der Waals surface area contributed by atoms with Gasteiger partial charge in [0.25, 0.3) is 5.56 Å². The summed E-state index contributed by atoms with van der Waals surface area (Å²) in [5, 5.41) is 4.10. The lowest BCUT2D eigenvalue weighted by molar-refractivity contribution is 0.558. The Kier molecular flexibility index (Phi) is 4.84. The number of hydrogen-bond acceptors (Lipinski definition) is 3. The minimum atomic E-state index is -1.07. The lowest BCUT2D eigenvalue weighted by Crippen LogP contribution is -2.38. The lowest BCUT2D eigenvalue weighted by atomic mass is 10.1. The van der Waals surface area contributed by atoms with Gasteiger partial charge in [0.05, 0.1) is 0 Å². The van der Waals surface area contributed by atoms with E-state index >= 15 is 0 Å². The molecule has 0 spiro atoms. The molecule has 0 saturated carbocycles. The number of benzene rings is 1. The molecule has 0 aliphatic rings. The zero-order valence-electron chi connectivity index (χ0n) is 15.5. The molecule has 0 radical (unpaired) electrons. The number of fused-ring (bicyclic) bond motifs is 1. The standard InChI is InChI=1S/C20H16F2N4O2/c1-5-6-12(2)7-8-13-9-15(21)17(16(22)10-13)26-19(27)14-11-24(3)23-18(14)25(4)20(26)28/h5-6,9-11H,1H2,2-4H3/b12-6+. The van der Waals surface area contributed by atoms with Gasteiger partial charge in [0, 0.05) is 25.9 Å². The third-order valence-electron chi connectivity index (χ3n) is 4.05. The van der Waals surface area contributed by atoms with Crippen molar-refractivity contribution in [2.75, 3.05) is 0 Å². The molecule has 2 heterocycles. The van der Waals surface area contributed by atoms with Crippen LogP contribution in [0.25, 0.3) is 16.7 Å². The number of aryl methyl sites for hydroxylation is 2. The highest BCUT2D eigenvalue weighted by atomic mass is 19.1. The molecule has 0 fully saturated rings. The Balaban J connectivity index is 2.26. The van der Waals surface area contributed by atoms with Crippen molar-refractivity contribution in [1.29, 1.82) is 0 Å². The van der Waals surface area contributed by atoms with Crippen LogP contribution in [0.3, 0.4) is 0 Å². The van der Waals surface area contributed by atoms with E-state index in [0.29, 0.717) is 10.1 Å². The second-order valence-electron chi connectivity index (χ2n) is 6.15. The van der Waals surface area contributed by atoms with Crippen LogP contribution in [-0.4, -0.2) is 18.9 Å². The molecule has 0 aliphatic heterocycles. The molecular formula is C20H16F2N4O2. The van der Waals surface area contributed by atoms with E-state index in [0.717, 1.165) is 16.7 Å². The Hall–Kier alpha value is -3.73. The van der Waals surface area contributed by atoms with E-state index < -0.39 is 28.6 Å². The van der Waals surface area contributed by atoms with Crippen LogP contribution in [-0.2, 0) is 14.1 Å². The van der Waals surface area contributed by atoms with Gasteiger partial charge in [0.2, 0.25) is 0 Å². The minimum Gasteiger partial charge on any atom is -0.279 e. The van der Waals surface area contributed by atoms with Crippen LogP contribution in [0, 0.1) is 23.5 Å². The molecule has 0 unspecified atom stereocenters. The topological polar surface area (TPSA) is 61.8 Å². The van der Waals surface area contributed by atoms with Crippen molar-refractivity contribution in [3.05, 3.63) is 80.7 Å². The molecular weight excluding hydrogens is 366 g/mol. The number of allylic oxidation sites excluding steroid dienone is 3. The molecule has 0 aliphatic carbocycles. The molecule has 0 atom stereocenters. The maximum Gasteiger partial charge on any atom is 0.337 e. The van der Waals surface area contributed by atoms with E-state index in [-0.39, 0.29) is 16.6 Å². The highest BCUT2D eigenvalue weighted by molar-refractivity contribution is 5.73. The van der Waals surface area contributed by atoms with Crippen LogP contribution in [0.5, 0.6) is 0 Å². The summed E-state index contributed by atoms with van der Waals surface area (Å²) in [5.41, 5.74) is -1.65. The van der Waals surface area contributed by atoms with Crippen molar-refractivity contribution in [1.82, 2.24) is 18.9 Å². The first-order chi connectivity index (χ1) is 13.2. The molecule has 142 valence electrons. The molecule has 0 bridgehead atoms. The number of rotatable bonds is 2. The van der Waals surface area contributed by atoms with E-state index in [1.165, 1.54) is 17.9 Å². The fourth-order valence-corrected chi connectivity index (χ4v) is 2.76. The monoisotopic (exact) mass is 382 g/mol. The quantitative estimate of drug-likeness (QED) is 0.504. The Labute approximate surface area is 158 Å². The van der Waals surface area contributed by atoms with Gasteiger partial charge in [-0.05, 0) is 24.6 Å². The SMILES string of the molecule is C=C/C=C(\C)C#Cc1cc(F)c(-n2c(=O)c3cn(C)nc3n(C)c2=O)c(F)c1. The highest BCUT2D eigenvalue weighted by Gasteiger charge is 2.21. The average Bonchev–Trinajstić information content (AvgIpc) is 3.03. The predicted octanol–water partition coefficient (Wildman–Crippen LogP) is 2.18. The fourth-order valence-electron chi connectivity index (χ4n) is 2.76. The Morgan fingerprint density at radius 3 is 2.46 bits per heavy atom. The minimum absolute atomic E-state index is 0.0671. The first kappa shape index (κ1) is 19.0. The summed E-state index contributed by atoms with van der Waals surface area (Å²) in [6.45, 7) is 5.27. The van der Waals surface area contributed by atoms with Crippen LogP contribution in [0.15, 0.2) is 52.2 Å². The van der Waals surface area contributed by atoms with E-state index in [1.807, 2.05) is 0 Å². The Bertz CT molecular complexity index is 1310. The van der Waals surface area contributed by atoms with Gasteiger partial charge in [-0.1, -0.05) is 30.6 Å². The summed E-state index contributed by atoms with van der Waals surface area (Å²) in [6, 6.07) is 1.96. The van der Waals surface area contributed by atoms with Crippen LogP contribution in [0.2, 0.25) is 0 Å². The van der Waals surface area contributed by atoms with Crippen molar-refractivity contribution in [2.24, 2.45) is 14.1 Å². The second-order valence-corrected chi connectivity index (χ2v) is 6.15. The number of nitrogens with zero attached hydrogens (tertiary/aromatic N) is 4. The number of aromatic nitrogens is 4. The van der Waals surface area contributed by atoms with Gasteiger partial charge in [-0.25, -0.2) is 18.1 Å². The van der Waals surface area contributed by atoms with Crippen LogP contribution < -0.4 is 11.2 Å². The Morgan fingerprint density at radius 1 is 1.21 bits per heavy atom. The molecule has 28 heavy (non-hydrogen) atoms. The average molecular weight is 382 g/mol. The fraction of sp³-hybridized carbons (Fsp3) is 0.150. The first-order valence-corrected chi connectivity index (χ1v) is 8.20. The van der Waals surface area contributed by atoms with Crippen LogP contribution >= 0.6 is 0 Å². The van der Waals surface area contributed by atoms with Gasteiger partial charge < -0.3 is 0 Å². The zero-order valence-corrected chi connectivity index (χ0v) is 15.5. The molecule has 1 aromatic carbocycles. The van der Waals surface area contributed by atoms with Gasteiger partial charge in [-0.15, -0.1) is 0 Å². The van der Waals surface area contributed by atoms with E-state index in [1.54, 1.807) is 26.1 Å². The van der Waals surface area contributed by atoms with Crippen molar-refractivity contribution in [3.8, 4) is 17.5 Å². The van der Waals surface area contributed by atoms with Crippen LogP contribution in [0.4, 0.5) is 8.78 Å². The summed E-state index contributed by atoms with van der Waals surface area (Å²) in [6.07, 6.45) is 4.59. The molecule has 0 N–H and O–H groups in total. The van der Waals surface area contributed by atoms with Gasteiger partial charge in [0.1, 0.15) is 11.1 Å². The Morgan fingerprint density at radius 2 is 1.86 bits per heavy atom. The van der Waals surface area contributed by atoms with Crippen molar-refractivity contribution in [3.63, 3.8) is 0 Å².